The van der Waals surface area contributed by atoms with E-state index in [1.165, 1.54) is 0 Å². The van der Waals surface area contributed by atoms with Crippen LogP contribution >= 0.6 is 0 Å². The van der Waals surface area contributed by atoms with Gasteiger partial charge in [-0.3, -0.25) is 0 Å². The van der Waals surface area contributed by atoms with Crippen LogP contribution in [0.1, 0.15) is 32.1 Å². The Morgan fingerprint density at radius 1 is 0.923 bits per heavy atom. The van der Waals surface area contributed by atoms with Gasteiger partial charge in [-0.1, -0.05) is 10.3 Å². The molecule has 13 heavy (non-hydrogen) atoms. The smallest absolute Gasteiger partial charge is 0.0602 e. The van der Waals surface area contributed by atoms with Gasteiger partial charge in [-0.25, -0.2) is 0 Å². The van der Waals surface area contributed by atoms with Gasteiger partial charge in [0.1, 0.15) is 0 Å². The van der Waals surface area contributed by atoms with E-state index in [2.05, 4.69) is 10.3 Å². The zero-order valence-corrected chi connectivity index (χ0v) is 7.48. The summed E-state index contributed by atoms with van der Waals surface area (Å²) in [6.07, 6.45) is 4.64. The number of hydrogen-bond donors (Lipinski definition) is 2. The van der Waals surface area contributed by atoms with E-state index in [-0.39, 0.29) is 0 Å². The fourth-order valence-corrected chi connectivity index (χ4v) is 2.50. The molecule has 2 aliphatic carbocycles. The fraction of sp³-hybridized carbons (Fsp3) is 0.778. The van der Waals surface area contributed by atoms with Gasteiger partial charge in [0.15, 0.2) is 0 Å². The highest BCUT2D eigenvalue weighted by Gasteiger charge is 2.34. The molecule has 2 N–H and O–H groups in total. The molecule has 2 saturated carbocycles. The minimum Gasteiger partial charge on any atom is -0.411 e. The quantitative estimate of drug-likeness (QED) is 0.443. The van der Waals surface area contributed by atoms with Crippen LogP contribution in [-0.4, -0.2) is 21.8 Å². The predicted octanol–water partition coefficient (Wildman–Crippen LogP) is 1.86. The van der Waals surface area contributed by atoms with Crippen molar-refractivity contribution in [1.82, 2.24) is 0 Å². The van der Waals surface area contributed by atoms with Gasteiger partial charge in [-0.15, -0.1) is 0 Å². The van der Waals surface area contributed by atoms with Gasteiger partial charge in [0.25, 0.3) is 0 Å². The second-order valence-electron chi connectivity index (χ2n) is 3.89. The van der Waals surface area contributed by atoms with E-state index >= 15 is 0 Å². The predicted molar refractivity (Wildman–Crippen MR) is 48.5 cm³/mol. The van der Waals surface area contributed by atoms with E-state index in [1.807, 2.05) is 0 Å². The van der Waals surface area contributed by atoms with Crippen molar-refractivity contribution in [2.75, 3.05) is 0 Å². The molecular formula is C9H14N2O2. The third-order valence-corrected chi connectivity index (χ3v) is 3.27. The second-order valence-corrected chi connectivity index (χ2v) is 3.89. The van der Waals surface area contributed by atoms with Gasteiger partial charge in [-0.2, -0.15) is 0 Å². The van der Waals surface area contributed by atoms with Crippen LogP contribution in [0.4, 0.5) is 0 Å². The van der Waals surface area contributed by atoms with E-state index in [1.54, 1.807) is 0 Å². The minimum absolute atomic E-state index is 0.425. The molecule has 0 aromatic heterocycles. The van der Waals surface area contributed by atoms with E-state index in [0.717, 1.165) is 43.5 Å². The van der Waals surface area contributed by atoms with Crippen LogP contribution in [0.3, 0.4) is 0 Å². The zero-order valence-electron chi connectivity index (χ0n) is 7.48. The largest absolute Gasteiger partial charge is 0.411 e. The summed E-state index contributed by atoms with van der Waals surface area (Å²) in [5, 5.41) is 24.1. The maximum absolute atomic E-state index is 8.73. The van der Waals surface area contributed by atoms with Gasteiger partial charge in [0.05, 0.1) is 11.4 Å². The Labute approximate surface area is 76.9 Å². The van der Waals surface area contributed by atoms with Crippen molar-refractivity contribution >= 4 is 11.4 Å². The molecule has 0 spiro atoms. The van der Waals surface area contributed by atoms with Crippen molar-refractivity contribution in [3.8, 4) is 0 Å². The zero-order chi connectivity index (χ0) is 9.26. The van der Waals surface area contributed by atoms with Crippen molar-refractivity contribution in [3.05, 3.63) is 0 Å². The molecule has 0 aromatic carbocycles. The molecule has 4 heteroatoms. The van der Waals surface area contributed by atoms with Gasteiger partial charge in [0, 0.05) is 11.8 Å². The number of hydrogen-bond acceptors (Lipinski definition) is 4. The summed E-state index contributed by atoms with van der Waals surface area (Å²) in [6, 6.07) is 0. The Kier molecular flexibility index (Phi) is 2.20. The highest BCUT2D eigenvalue weighted by atomic mass is 16.4. The Hall–Kier alpha value is -1.06. The molecule has 2 aliphatic rings. The SMILES string of the molecule is O/N=C1\CC[C@H]2C[C@@H]1CC/C2=N\O. The summed E-state index contributed by atoms with van der Waals surface area (Å²) in [5.41, 5.74) is 1.88. The van der Waals surface area contributed by atoms with Crippen LogP contribution in [0.15, 0.2) is 10.3 Å². The summed E-state index contributed by atoms with van der Waals surface area (Å²) >= 11 is 0. The van der Waals surface area contributed by atoms with Gasteiger partial charge in [0.2, 0.25) is 0 Å². The standard InChI is InChI=1S/C9H14N2O2/c12-10-8-3-1-6-5-7(8)2-4-9(6)11-13/h6-7,12-13H,1-5H2/b10-8+,11-9+/t6-,7-/m0/s1. The second kappa shape index (κ2) is 3.36. The lowest BCUT2D eigenvalue weighted by Crippen LogP contribution is -2.34. The van der Waals surface area contributed by atoms with Crippen LogP contribution in [-0.2, 0) is 0 Å². The molecule has 0 aromatic rings. The first-order valence-corrected chi connectivity index (χ1v) is 4.76. The lowest BCUT2D eigenvalue weighted by atomic mass is 9.70. The van der Waals surface area contributed by atoms with Crippen LogP contribution in [0, 0.1) is 11.8 Å². The highest BCUT2D eigenvalue weighted by molar-refractivity contribution is 5.94. The summed E-state index contributed by atoms with van der Waals surface area (Å²) in [7, 11) is 0. The first-order chi connectivity index (χ1) is 6.35. The Balaban J connectivity index is 2.13. The Morgan fingerprint density at radius 3 is 1.77 bits per heavy atom. The summed E-state index contributed by atoms with van der Waals surface area (Å²) < 4.78 is 0. The van der Waals surface area contributed by atoms with E-state index in [9.17, 15) is 0 Å². The molecular weight excluding hydrogens is 168 g/mol. The maximum atomic E-state index is 8.73. The average Bonchev–Trinajstić information content (AvgIpc) is 2.19. The molecule has 2 fully saturated rings. The first-order valence-electron chi connectivity index (χ1n) is 4.76. The van der Waals surface area contributed by atoms with Gasteiger partial charge >= 0.3 is 0 Å². The monoisotopic (exact) mass is 182 g/mol. The van der Waals surface area contributed by atoms with Crippen LogP contribution in [0.2, 0.25) is 0 Å². The highest BCUT2D eigenvalue weighted by Crippen LogP contribution is 2.36. The van der Waals surface area contributed by atoms with E-state index in [4.69, 9.17) is 10.4 Å². The number of oxime groups is 2. The molecule has 0 heterocycles. The molecule has 0 radical (unpaired) electrons. The maximum Gasteiger partial charge on any atom is 0.0602 e. The Bertz CT molecular complexity index is 234. The number of fused-ring (bicyclic) bond motifs is 2. The van der Waals surface area contributed by atoms with Crippen molar-refractivity contribution < 1.29 is 10.4 Å². The van der Waals surface area contributed by atoms with Crippen molar-refractivity contribution in [1.29, 1.82) is 0 Å². The van der Waals surface area contributed by atoms with E-state index in [0.29, 0.717) is 11.8 Å². The molecule has 4 nitrogen and oxygen atoms in total. The lowest BCUT2D eigenvalue weighted by Gasteiger charge is -2.34. The van der Waals surface area contributed by atoms with Crippen LogP contribution < -0.4 is 0 Å². The lowest BCUT2D eigenvalue weighted by molar-refractivity contribution is 0.288. The minimum atomic E-state index is 0.425. The summed E-state index contributed by atoms with van der Waals surface area (Å²) in [4.78, 5) is 0. The summed E-state index contributed by atoms with van der Waals surface area (Å²) in [6.45, 7) is 0. The number of rotatable bonds is 0. The third kappa shape index (κ3) is 1.41. The van der Waals surface area contributed by atoms with Gasteiger partial charge < -0.3 is 10.4 Å². The van der Waals surface area contributed by atoms with Crippen molar-refractivity contribution in [2.24, 2.45) is 22.1 Å². The third-order valence-electron chi connectivity index (χ3n) is 3.27. The van der Waals surface area contributed by atoms with Crippen LogP contribution in [0.5, 0.6) is 0 Å². The van der Waals surface area contributed by atoms with Crippen molar-refractivity contribution in [3.63, 3.8) is 0 Å². The molecule has 0 saturated heterocycles. The normalized spacial score (nSPS) is 39.7. The van der Waals surface area contributed by atoms with Gasteiger partial charge in [-0.05, 0) is 32.1 Å². The van der Waals surface area contributed by atoms with Crippen LogP contribution in [0.25, 0.3) is 0 Å². The van der Waals surface area contributed by atoms with E-state index < -0.39 is 0 Å². The van der Waals surface area contributed by atoms with Crippen molar-refractivity contribution in [2.45, 2.75) is 32.1 Å². The molecule has 2 bridgehead atoms. The molecule has 2 atom stereocenters. The fourth-order valence-electron chi connectivity index (χ4n) is 2.50. The topological polar surface area (TPSA) is 65.2 Å². The average molecular weight is 182 g/mol. The Morgan fingerprint density at radius 2 is 1.38 bits per heavy atom. The molecule has 72 valence electrons. The summed E-state index contributed by atoms with van der Waals surface area (Å²) in [5.74, 6) is 0.850. The molecule has 0 aliphatic heterocycles. The molecule has 2 rings (SSSR count). The molecule has 0 amide bonds. The molecule has 0 unspecified atom stereocenters. The first kappa shape index (κ1) is 8.53. The number of nitrogens with zero attached hydrogens (tertiary/aromatic N) is 2.